The number of thioether (sulfide) groups is 1. The molecule has 2 fully saturated rings. The highest BCUT2D eigenvalue weighted by molar-refractivity contribution is 7.99. The first-order valence-electron chi connectivity index (χ1n) is 10.4. The van der Waals surface area contributed by atoms with Gasteiger partial charge < -0.3 is 9.80 Å². The Labute approximate surface area is 180 Å². The Morgan fingerprint density at radius 3 is 2.43 bits per heavy atom. The number of hydrogen-bond acceptors (Lipinski definition) is 6. The molecule has 0 N–H and O–H groups in total. The summed E-state index contributed by atoms with van der Waals surface area (Å²) in [5.41, 5.74) is 1.06. The van der Waals surface area contributed by atoms with E-state index in [0.29, 0.717) is 24.8 Å². The highest BCUT2D eigenvalue weighted by Gasteiger charge is 2.31. The minimum absolute atomic E-state index is 0.149. The van der Waals surface area contributed by atoms with Crippen molar-refractivity contribution in [2.75, 3.05) is 36.8 Å². The summed E-state index contributed by atoms with van der Waals surface area (Å²) in [6.45, 7) is 3.04. The van der Waals surface area contributed by atoms with Crippen LogP contribution in [0, 0.1) is 0 Å². The van der Waals surface area contributed by atoms with Gasteiger partial charge in [0.05, 0.1) is 5.75 Å². The van der Waals surface area contributed by atoms with Crippen molar-refractivity contribution in [3.63, 3.8) is 0 Å². The van der Waals surface area contributed by atoms with E-state index in [1.807, 2.05) is 47.5 Å². The van der Waals surface area contributed by atoms with Crippen LogP contribution in [0.5, 0.6) is 0 Å². The van der Waals surface area contributed by atoms with E-state index in [9.17, 15) is 4.79 Å². The molecule has 1 aliphatic heterocycles. The molecule has 8 heteroatoms. The van der Waals surface area contributed by atoms with Crippen LogP contribution in [0.1, 0.15) is 24.6 Å². The Morgan fingerprint density at radius 2 is 1.73 bits per heavy atom. The van der Waals surface area contributed by atoms with Gasteiger partial charge in [-0.2, -0.15) is 0 Å². The third kappa shape index (κ3) is 4.05. The second-order valence-corrected chi connectivity index (χ2v) is 8.57. The third-order valence-electron chi connectivity index (χ3n) is 5.55. The van der Waals surface area contributed by atoms with Crippen molar-refractivity contribution < 1.29 is 4.79 Å². The zero-order chi connectivity index (χ0) is 20.3. The number of carbonyl (C=O) groups excluding carboxylic acids is 1. The van der Waals surface area contributed by atoms with E-state index in [0.717, 1.165) is 48.4 Å². The average molecular weight is 421 g/mol. The molecule has 0 bridgehead atoms. The van der Waals surface area contributed by atoms with Gasteiger partial charge in [0.25, 0.3) is 0 Å². The Balaban J connectivity index is 1.22. The van der Waals surface area contributed by atoms with Crippen LogP contribution < -0.4 is 4.90 Å². The second kappa shape index (κ2) is 8.47. The number of carbonyl (C=O) groups is 1. The number of benzene rings is 1. The van der Waals surface area contributed by atoms with Gasteiger partial charge in [0.15, 0.2) is 5.16 Å². The maximum Gasteiger partial charge on any atom is 0.233 e. The molecular formula is C22H24N6OS. The van der Waals surface area contributed by atoms with Gasteiger partial charge in [0, 0.05) is 44.0 Å². The lowest BCUT2D eigenvalue weighted by atomic mass is 10.3. The molecule has 0 atom stereocenters. The first-order valence-corrected chi connectivity index (χ1v) is 11.4. The number of anilines is 1. The first-order chi connectivity index (χ1) is 14.8. The predicted octanol–water partition coefficient (Wildman–Crippen LogP) is 2.98. The zero-order valence-electron chi connectivity index (χ0n) is 16.7. The van der Waals surface area contributed by atoms with Crippen molar-refractivity contribution in [1.29, 1.82) is 0 Å². The van der Waals surface area contributed by atoms with Gasteiger partial charge >= 0.3 is 0 Å². The van der Waals surface area contributed by atoms with Gasteiger partial charge in [0.1, 0.15) is 11.6 Å². The Morgan fingerprint density at radius 1 is 0.967 bits per heavy atom. The first kappa shape index (κ1) is 19.1. The minimum Gasteiger partial charge on any atom is -0.353 e. The van der Waals surface area contributed by atoms with Crippen LogP contribution in [0.4, 0.5) is 5.82 Å². The Bertz CT molecular complexity index is 997. The van der Waals surface area contributed by atoms with Gasteiger partial charge in [-0.15, -0.1) is 10.2 Å². The molecule has 0 unspecified atom stereocenters. The van der Waals surface area contributed by atoms with Crippen molar-refractivity contribution in [3.05, 3.63) is 60.6 Å². The van der Waals surface area contributed by atoms with Crippen LogP contribution in [-0.2, 0) is 4.79 Å². The van der Waals surface area contributed by atoms with Crippen molar-refractivity contribution in [2.24, 2.45) is 0 Å². The lowest BCUT2D eigenvalue weighted by Gasteiger charge is -2.35. The number of hydrogen-bond donors (Lipinski definition) is 0. The van der Waals surface area contributed by atoms with Crippen molar-refractivity contribution in [3.8, 4) is 5.69 Å². The van der Waals surface area contributed by atoms with Crippen LogP contribution in [-0.4, -0.2) is 62.5 Å². The van der Waals surface area contributed by atoms with Crippen molar-refractivity contribution in [1.82, 2.24) is 24.6 Å². The van der Waals surface area contributed by atoms with Crippen LogP contribution >= 0.6 is 11.8 Å². The molecule has 3 aromatic rings. The number of nitrogens with zero attached hydrogens (tertiary/aromatic N) is 6. The van der Waals surface area contributed by atoms with Gasteiger partial charge in [-0.25, -0.2) is 4.98 Å². The van der Waals surface area contributed by atoms with Crippen LogP contribution in [0.25, 0.3) is 5.69 Å². The Kier molecular flexibility index (Phi) is 5.40. The molecule has 1 amide bonds. The van der Waals surface area contributed by atoms with Gasteiger partial charge in [-0.1, -0.05) is 36.0 Å². The normalized spacial score (nSPS) is 16.7. The SMILES string of the molecule is O=C(CSc1nnc(C2CC2)n1-c1ccccc1)N1CCN(c2ccccn2)CC1. The minimum atomic E-state index is 0.149. The van der Waals surface area contributed by atoms with Gasteiger partial charge in [-0.05, 0) is 37.1 Å². The third-order valence-corrected chi connectivity index (χ3v) is 6.46. The molecule has 2 aliphatic rings. The van der Waals surface area contributed by atoms with Crippen molar-refractivity contribution in [2.45, 2.75) is 23.9 Å². The lowest BCUT2D eigenvalue weighted by Crippen LogP contribution is -2.49. The van der Waals surface area contributed by atoms with E-state index in [1.54, 1.807) is 0 Å². The smallest absolute Gasteiger partial charge is 0.233 e. The fourth-order valence-electron chi connectivity index (χ4n) is 3.74. The maximum atomic E-state index is 12.8. The second-order valence-electron chi connectivity index (χ2n) is 7.63. The van der Waals surface area contributed by atoms with E-state index in [1.165, 1.54) is 11.8 Å². The van der Waals surface area contributed by atoms with E-state index in [4.69, 9.17) is 0 Å². The molecule has 2 aromatic heterocycles. The molecule has 1 saturated heterocycles. The number of piperazine rings is 1. The quantitative estimate of drug-likeness (QED) is 0.571. The highest BCUT2D eigenvalue weighted by atomic mass is 32.2. The molecule has 7 nitrogen and oxygen atoms in total. The largest absolute Gasteiger partial charge is 0.353 e. The molecule has 5 rings (SSSR count). The monoisotopic (exact) mass is 420 g/mol. The zero-order valence-corrected chi connectivity index (χ0v) is 17.5. The summed E-state index contributed by atoms with van der Waals surface area (Å²) in [6.07, 6.45) is 4.13. The van der Waals surface area contributed by atoms with E-state index in [-0.39, 0.29) is 5.91 Å². The molecule has 154 valence electrons. The molecule has 30 heavy (non-hydrogen) atoms. The maximum absolute atomic E-state index is 12.8. The number of rotatable bonds is 6. The predicted molar refractivity (Wildman–Crippen MR) is 117 cm³/mol. The molecule has 1 aromatic carbocycles. The Hall–Kier alpha value is -2.87. The number of aromatic nitrogens is 4. The molecule has 0 radical (unpaired) electrons. The lowest BCUT2D eigenvalue weighted by molar-refractivity contribution is -0.128. The van der Waals surface area contributed by atoms with Crippen molar-refractivity contribution >= 4 is 23.5 Å². The summed E-state index contributed by atoms with van der Waals surface area (Å²) in [5, 5.41) is 9.65. The molecular weight excluding hydrogens is 396 g/mol. The van der Waals surface area contributed by atoms with E-state index >= 15 is 0 Å². The van der Waals surface area contributed by atoms with E-state index < -0.39 is 0 Å². The highest BCUT2D eigenvalue weighted by Crippen LogP contribution is 2.41. The van der Waals surface area contributed by atoms with Gasteiger partial charge in [-0.3, -0.25) is 9.36 Å². The summed E-state index contributed by atoms with van der Waals surface area (Å²) < 4.78 is 2.12. The topological polar surface area (TPSA) is 67.2 Å². The fraction of sp³-hybridized carbons (Fsp3) is 0.364. The molecule has 0 spiro atoms. The summed E-state index contributed by atoms with van der Waals surface area (Å²) >= 11 is 1.48. The summed E-state index contributed by atoms with van der Waals surface area (Å²) in [4.78, 5) is 21.4. The summed E-state index contributed by atoms with van der Waals surface area (Å²) in [6, 6.07) is 16.1. The number of amides is 1. The van der Waals surface area contributed by atoms with Crippen LogP contribution in [0.3, 0.4) is 0 Å². The van der Waals surface area contributed by atoms with Crippen LogP contribution in [0.15, 0.2) is 59.9 Å². The molecule has 1 aliphatic carbocycles. The number of para-hydroxylation sites is 1. The average Bonchev–Trinajstić information content (AvgIpc) is 3.58. The molecule has 3 heterocycles. The number of pyridine rings is 1. The van der Waals surface area contributed by atoms with Crippen LogP contribution in [0.2, 0.25) is 0 Å². The van der Waals surface area contributed by atoms with E-state index in [2.05, 4.69) is 36.8 Å². The molecule has 1 saturated carbocycles. The standard InChI is InChI=1S/C22H24N6OS/c29-20(27-14-12-26(13-15-27)19-8-4-5-11-23-19)16-30-22-25-24-21(17-9-10-17)28(22)18-6-2-1-3-7-18/h1-8,11,17H,9-10,12-16H2. The fourth-order valence-corrected chi connectivity index (χ4v) is 4.61. The van der Waals surface area contributed by atoms with Gasteiger partial charge in [0.2, 0.25) is 5.91 Å². The summed E-state index contributed by atoms with van der Waals surface area (Å²) in [7, 11) is 0. The summed E-state index contributed by atoms with van der Waals surface area (Å²) in [5.74, 6) is 3.00.